The van der Waals surface area contributed by atoms with E-state index in [4.69, 9.17) is 9.47 Å². The Balaban J connectivity index is 1.78. The van der Waals surface area contributed by atoms with Crippen LogP contribution in [0.3, 0.4) is 0 Å². The predicted octanol–water partition coefficient (Wildman–Crippen LogP) is 7.03. The molecule has 0 fully saturated rings. The van der Waals surface area contributed by atoms with Gasteiger partial charge in [0.15, 0.2) is 28.9 Å². The van der Waals surface area contributed by atoms with Crippen molar-refractivity contribution in [3.63, 3.8) is 0 Å². The summed E-state index contributed by atoms with van der Waals surface area (Å²) in [4.78, 5) is 12.4. The first kappa shape index (κ1) is 27.5. The van der Waals surface area contributed by atoms with E-state index in [1.165, 1.54) is 48.5 Å². The topological polar surface area (TPSA) is 44.8 Å². The number of hydrogen-bond acceptors (Lipinski definition) is 4. The number of esters is 1. The summed E-state index contributed by atoms with van der Waals surface area (Å²) >= 11 is 0. The lowest BCUT2D eigenvalue weighted by molar-refractivity contribution is -0.159. The molecule has 0 aliphatic heterocycles. The molecule has 0 saturated heterocycles. The number of halogens is 6. The third-order valence-corrected chi connectivity index (χ3v) is 4.76. The van der Waals surface area contributed by atoms with Gasteiger partial charge in [-0.1, -0.05) is 37.3 Å². The average Bonchev–Trinajstić information content (AvgIpc) is 2.85. The van der Waals surface area contributed by atoms with Crippen LogP contribution in [0.2, 0.25) is 0 Å². The van der Waals surface area contributed by atoms with Crippen LogP contribution in [-0.4, -0.2) is 18.7 Å². The number of carbonyl (C=O) groups is 1. The van der Waals surface area contributed by atoms with Gasteiger partial charge in [0.05, 0.1) is 12.2 Å². The fourth-order valence-electron chi connectivity index (χ4n) is 2.96. The summed E-state index contributed by atoms with van der Waals surface area (Å²) in [5.41, 5.74) is -0.980. The molecule has 0 bridgehead atoms. The summed E-state index contributed by atoms with van der Waals surface area (Å²) in [6.07, 6.45) is -2.42. The second kappa shape index (κ2) is 11.7. The Morgan fingerprint density at radius 2 is 1.46 bits per heavy atom. The number of hydrogen-bond donors (Lipinski definition) is 0. The van der Waals surface area contributed by atoms with Crippen LogP contribution in [0.1, 0.15) is 48.2 Å². The van der Waals surface area contributed by atoms with Crippen molar-refractivity contribution in [2.45, 2.75) is 32.8 Å². The van der Waals surface area contributed by atoms with Gasteiger partial charge in [-0.05, 0) is 42.8 Å². The standard InChI is InChI=1S/C27H20F6O4/c1-3-4-15-35-25-23(30)21(28)18(22(29)24(25)31)14-11-16-9-12-17(13-10-16)26(34)36-19-7-5-6-8-20(19)37-27(2,32)33/h5-10,12-13H,3-4,15H2,1-2H3. The third-order valence-electron chi connectivity index (χ3n) is 4.76. The Morgan fingerprint density at radius 3 is 2.03 bits per heavy atom. The van der Waals surface area contributed by atoms with Crippen molar-refractivity contribution in [2.75, 3.05) is 6.61 Å². The van der Waals surface area contributed by atoms with Gasteiger partial charge in [0, 0.05) is 12.5 Å². The molecule has 4 nitrogen and oxygen atoms in total. The Bertz CT molecular complexity index is 1310. The molecule has 10 heteroatoms. The normalized spacial score (nSPS) is 10.9. The number of carbonyl (C=O) groups excluding carboxylic acids is 1. The first-order valence-electron chi connectivity index (χ1n) is 11.0. The van der Waals surface area contributed by atoms with Crippen LogP contribution >= 0.6 is 0 Å². The van der Waals surface area contributed by atoms with Gasteiger partial charge in [-0.15, -0.1) is 0 Å². The zero-order valence-corrected chi connectivity index (χ0v) is 19.6. The minimum absolute atomic E-state index is 0.00774. The number of unbranched alkanes of at least 4 members (excludes halogenated alkanes) is 1. The van der Waals surface area contributed by atoms with Crippen LogP contribution in [-0.2, 0) is 0 Å². The molecule has 0 saturated carbocycles. The quantitative estimate of drug-likeness (QED) is 0.0796. The monoisotopic (exact) mass is 522 g/mol. The molecule has 0 aromatic heterocycles. The molecule has 0 N–H and O–H groups in total. The first-order chi connectivity index (χ1) is 17.5. The molecular weight excluding hydrogens is 502 g/mol. The van der Waals surface area contributed by atoms with E-state index in [-0.39, 0.29) is 29.2 Å². The lowest BCUT2D eigenvalue weighted by Crippen LogP contribution is -2.20. The van der Waals surface area contributed by atoms with Gasteiger partial charge in [0.1, 0.15) is 5.56 Å². The Hall–Kier alpha value is -4.13. The maximum absolute atomic E-state index is 14.3. The smallest absolute Gasteiger partial charge is 0.395 e. The Morgan fingerprint density at radius 1 is 0.865 bits per heavy atom. The highest BCUT2D eigenvalue weighted by atomic mass is 19.3. The van der Waals surface area contributed by atoms with Crippen molar-refractivity contribution >= 4 is 5.97 Å². The molecule has 0 atom stereocenters. The number of ether oxygens (including phenoxy) is 3. The molecule has 0 spiro atoms. The summed E-state index contributed by atoms with van der Waals surface area (Å²) < 4.78 is 98.0. The number of benzene rings is 3. The van der Waals surface area contributed by atoms with Gasteiger partial charge < -0.3 is 14.2 Å². The minimum Gasteiger partial charge on any atom is -0.487 e. The van der Waals surface area contributed by atoms with Crippen LogP contribution in [0.5, 0.6) is 17.2 Å². The van der Waals surface area contributed by atoms with E-state index in [1.807, 2.05) is 0 Å². The van der Waals surface area contributed by atoms with Gasteiger partial charge in [-0.3, -0.25) is 0 Å². The highest BCUT2D eigenvalue weighted by Crippen LogP contribution is 2.32. The summed E-state index contributed by atoms with van der Waals surface area (Å²) in [6, 6.07) is 10.4. The summed E-state index contributed by atoms with van der Waals surface area (Å²) in [7, 11) is 0. The van der Waals surface area contributed by atoms with Crippen LogP contribution in [0.25, 0.3) is 0 Å². The number of rotatable bonds is 8. The summed E-state index contributed by atoms with van der Waals surface area (Å²) in [6.45, 7) is 2.21. The van der Waals surface area contributed by atoms with Crippen molar-refractivity contribution in [1.82, 2.24) is 0 Å². The molecule has 0 aliphatic rings. The van der Waals surface area contributed by atoms with Crippen LogP contribution in [0, 0.1) is 35.1 Å². The molecule has 3 rings (SSSR count). The SMILES string of the molecule is CCCCOc1c(F)c(F)c(C#Cc2ccc(C(=O)Oc3ccccc3OC(C)(F)F)cc2)c(F)c1F. The molecule has 0 unspecified atom stereocenters. The molecule has 0 amide bonds. The fraction of sp³-hybridized carbons (Fsp3) is 0.222. The largest absolute Gasteiger partial charge is 0.487 e. The van der Waals surface area contributed by atoms with E-state index in [1.54, 1.807) is 6.92 Å². The van der Waals surface area contributed by atoms with Crippen LogP contribution < -0.4 is 14.2 Å². The Labute approximate surface area is 208 Å². The van der Waals surface area contributed by atoms with Crippen molar-refractivity contribution in [1.29, 1.82) is 0 Å². The fourth-order valence-corrected chi connectivity index (χ4v) is 2.96. The molecule has 0 heterocycles. The van der Waals surface area contributed by atoms with Gasteiger partial charge in [0.2, 0.25) is 11.6 Å². The summed E-state index contributed by atoms with van der Waals surface area (Å²) in [5, 5.41) is 0. The van der Waals surface area contributed by atoms with Crippen LogP contribution in [0.4, 0.5) is 26.3 Å². The van der Waals surface area contributed by atoms with Gasteiger partial charge in [-0.2, -0.15) is 17.6 Å². The summed E-state index contributed by atoms with van der Waals surface area (Å²) in [5.74, 6) is -5.01. The molecule has 194 valence electrons. The zero-order chi connectivity index (χ0) is 27.2. The minimum atomic E-state index is -3.50. The first-order valence-corrected chi connectivity index (χ1v) is 11.0. The van der Waals surface area contributed by atoms with Gasteiger partial charge in [-0.25, -0.2) is 13.6 Å². The second-order valence-electron chi connectivity index (χ2n) is 7.74. The third kappa shape index (κ3) is 6.97. The molecule has 0 radical (unpaired) electrons. The van der Waals surface area contributed by atoms with E-state index in [0.29, 0.717) is 19.8 Å². The molecule has 0 aliphatic carbocycles. The van der Waals surface area contributed by atoms with E-state index in [0.717, 1.165) is 0 Å². The molecular formula is C27H20F6O4. The average molecular weight is 522 g/mol. The molecule has 3 aromatic rings. The number of alkyl halides is 2. The van der Waals surface area contributed by atoms with E-state index in [2.05, 4.69) is 16.6 Å². The lowest BCUT2D eigenvalue weighted by atomic mass is 10.1. The van der Waals surface area contributed by atoms with E-state index >= 15 is 0 Å². The Kier molecular flexibility index (Phi) is 8.71. The van der Waals surface area contributed by atoms with E-state index in [9.17, 15) is 31.1 Å². The van der Waals surface area contributed by atoms with E-state index < -0.39 is 46.7 Å². The zero-order valence-electron chi connectivity index (χ0n) is 19.6. The molecule has 37 heavy (non-hydrogen) atoms. The predicted molar refractivity (Wildman–Crippen MR) is 122 cm³/mol. The number of para-hydroxylation sites is 2. The van der Waals surface area contributed by atoms with Gasteiger partial charge >= 0.3 is 12.1 Å². The lowest BCUT2D eigenvalue weighted by Gasteiger charge is -2.15. The maximum Gasteiger partial charge on any atom is 0.395 e. The maximum atomic E-state index is 14.3. The van der Waals surface area contributed by atoms with Crippen molar-refractivity contribution in [3.8, 4) is 29.1 Å². The highest BCUT2D eigenvalue weighted by Gasteiger charge is 2.27. The second-order valence-corrected chi connectivity index (χ2v) is 7.74. The van der Waals surface area contributed by atoms with Gasteiger partial charge in [0.25, 0.3) is 0 Å². The van der Waals surface area contributed by atoms with Crippen molar-refractivity contribution < 1.29 is 45.3 Å². The van der Waals surface area contributed by atoms with Crippen LogP contribution in [0.15, 0.2) is 48.5 Å². The van der Waals surface area contributed by atoms with Crippen molar-refractivity contribution in [2.24, 2.45) is 0 Å². The molecule has 3 aromatic carbocycles. The van der Waals surface area contributed by atoms with Crippen molar-refractivity contribution in [3.05, 3.63) is 88.5 Å². The highest BCUT2D eigenvalue weighted by molar-refractivity contribution is 5.91.